The number of rotatable bonds is 4. The van der Waals surface area contributed by atoms with E-state index in [9.17, 15) is 4.79 Å². The number of hydrogen-bond acceptors (Lipinski definition) is 2. The van der Waals surface area contributed by atoms with Crippen LogP contribution in [0.4, 0.5) is 0 Å². The first-order valence-electron chi connectivity index (χ1n) is 5.91. The summed E-state index contributed by atoms with van der Waals surface area (Å²) < 4.78 is 0. The Hall–Kier alpha value is -1.67. The number of carbonyl (C=O) groups excluding carboxylic acids is 1. The van der Waals surface area contributed by atoms with Crippen molar-refractivity contribution in [2.24, 2.45) is 5.73 Å². The zero-order valence-corrected chi connectivity index (χ0v) is 10.0. The molecule has 0 heterocycles. The fourth-order valence-electron chi connectivity index (χ4n) is 2.02. The van der Waals surface area contributed by atoms with E-state index in [-0.39, 0.29) is 11.8 Å². The van der Waals surface area contributed by atoms with Gasteiger partial charge < -0.3 is 5.73 Å². The quantitative estimate of drug-likeness (QED) is 0.872. The third-order valence-electron chi connectivity index (χ3n) is 3.13. The second-order valence-corrected chi connectivity index (χ2v) is 4.39. The highest BCUT2D eigenvalue weighted by Crippen LogP contribution is 2.19. The van der Waals surface area contributed by atoms with Crippen molar-refractivity contribution in [3.05, 3.63) is 48.0 Å². The van der Waals surface area contributed by atoms with Crippen molar-refractivity contribution >= 4 is 16.6 Å². The molecular formula is C15H17NO. The third-order valence-corrected chi connectivity index (χ3v) is 3.13. The van der Waals surface area contributed by atoms with Crippen LogP contribution in [0.15, 0.2) is 42.5 Å². The lowest BCUT2D eigenvalue weighted by Crippen LogP contribution is -2.28. The van der Waals surface area contributed by atoms with Gasteiger partial charge in [-0.15, -0.1) is 0 Å². The summed E-state index contributed by atoms with van der Waals surface area (Å²) in [6.07, 6.45) is 1.56. The molecule has 0 spiro atoms. The Balaban J connectivity index is 2.21. The zero-order chi connectivity index (χ0) is 12.3. The molecule has 0 saturated heterocycles. The van der Waals surface area contributed by atoms with Gasteiger partial charge in [-0.3, -0.25) is 4.79 Å². The van der Waals surface area contributed by atoms with Crippen LogP contribution in [0.25, 0.3) is 10.8 Å². The molecule has 0 unspecified atom stereocenters. The molecule has 2 aromatic rings. The smallest absolute Gasteiger partial charge is 0.146 e. The van der Waals surface area contributed by atoms with Crippen molar-refractivity contribution < 1.29 is 4.79 Å². The van der Waals surface area contributed by atoms with Crippen LogP contribution in [0.1, 0.15) is 18.9 Å². The molecule has 0 aromatic heterocycles. The monoisotopic (exact) mass is 227 g/mol. The molecule has 0 bridgehead atoms. The van der Waals surface area contributed by atoms with E-state index in [4.69, 9.17) is 5.73 Å². The van der Waals surface area contributed by atoms with Crippen LogP contribution in [-0.4, -0.2) is 11.8 Å². The fraction of sp³-hybridized carbons (Fsp3) is 0.267. The Labute approximate surface area is 101 Å². The highest BCUT2D eigenvalue weighted by molar-refractivity contribution is 5.86. The average molecular weight is 227 g/mol. The first kappa shape index (κ1) is 11.8. The average Bonchev–Trinajstić information content (AvgIpc) is 2.35. The van der Waals surface area contributed by atoms with Crippen molar-refractivity contribution in [2.45, 2.75) is 25.8 Å². The van der Waals surface area contributed by atoms with E-state index in [1.165, 1.54) is 16.3 Å². The Morgan fingerprint density at radius 3 is 2.65 bits per heavy atom. The zero-order valence-electron chi connectivity index (χ0n) is 10.0. The summed E-state index contributed by atoms with van der Waals surface area (Å²) in [5.41, 5.74) is 7.02. The predicted octanol–water partition coefficient (Wildman–Crippen LogP) is 2.69. The number of Topliss-reactive ketones (excluding diaryl/α,β-unsaturated/α-hetero) is 1. The molecule has 1 atom stereocenters. The molecule has 0 fully saturated rings. The first-order valence-corrected chi connectivity index (χ1v) is 5.91. The van der Waals surface area contributed by atoms with Crippen molar-refractivity contribution in [3.63, 3.8) is 0 Å². The van der Waals surface area contributed by atoms with Gasteiger partial charge in [0.2, 0.25) is 0 Å². The van der Waals surface area contributed by atoms with Gasteiger partial charge in [-0.25, -0.2) is 0 Å². The predicted molar refractivity (Wildman–Crippen MR) is 70.9 cm³/mol. The second kappa shape index (κ2) is 5.11. The fourth-order valence-corrected chi connectivity index (χ4v) is 2.02. The Morgan fingerprint density at radius 1 is 1.18 bits per heavy atom. The van der Waals surface area contributed by atoms with Gasteiger partial charge in [0.15, 0.2) is 0 Å². The molecule has 0 saturated carbocycles. The minimum atomic E-state index is -0.339. The van der Waals surface area contributed by atoms with Crippen molar-refractivity contribution in [2.75, 3.05) is 0 Å². The lowest BCUT2D eigenvalue weighted by atomic mass is 9.98. The van der Waals surface area contributed by atoms with Gasteiger partial charge in [0, 0.05) is 0 Å². The van der Waals surface area contributed by atoms with Gasteiger partial charge >= 0.3 is 0 Å². The molecule has 2 rings (SSSR count). The van der Waals surface area contributed by atoms with E-state index in [1.54, 1.807) is 6.92 Å². The maximum Gasteiger partial charge on any atom is 0.146 e. The molecule has 17 heavy (non-hydrogen) atoms. The van der Waals surface area contributed by atoms with Crippen molar-refractivity contribution in [1.82, 2.24) is 0 Å². The molecule has 0 aliphatic heterocycles. The minimum absolute atomic E-state index is 0.0604. The molecule has 2 nitrogen and oxygen atoms in total. The van der Waals surface area contributed by atoms with E-state index in [0.717, 1.165) is 6.42 Å². The Morgan fingerprint density at radius 2 is 1.88 bits per heavy atom. The van der Waals surface area contributed by atoms with Gasteiger partial charge in [0.05, 0.1) is 6.04 Å². The maximum absolute atomic E-state index is 11.1. The van der Waals surface area contributed by atoms with Crippen LogP contribution in [0.2, 0.25) is 0 Å². The second-order valence-electron chi connectivity index (χ2n) is 4.39. The summed E-state index contributed by atoms with van der Waals surface area (Å²) >= 11 is 0. The van der Waals surface area contributed by atoms with Gasteiger partial charge in [0.1, 0.15) is 5.78 Å². The van der Waals surface area contributed by atoms with E-state index in [2.05, 4.69) is 30.3 Å². The Kier molecular flexibility index (Phi) is 3.55. The number of aryl methyl sites for hydroxylation is 1. The third kappa shape index (κ3) is 2.71. The van der Waals surface area contributed by atoms with Crippen LogP contribution in [0.5, 0.6) is 0 Å². The number of benzene rings is 2. The maximum atomic E-state index is 11.1. The summed E-state index contributed by atoms with van der Waals surface area (Å²) in [7, 11) is 0. The van der Waals surface area contributed by atoms with Crippen LogP contribution in [-0.2, 0) is 11.2 Å². The number of carbonyl (C=O) groups is 1. The summed E-state index contributed by atoms with van der Waals surface area (Å²) in [4.78, 5) is 11.1. The topological polar surface area (TPSA) is 43.1 Å². The molecule has 0 aliphatic rings. The SMILES string of the molecule is CC(=O)[C@@H](N)CCc1cccc2ccccc12. The number of hydrogen-bond donors (Lipinski definition) is 1. The Bertz CT molecular complexity index is 528. The van der Waals surface area contributed by atoms with Gasteiger partial charge in [-0.05, 0) is 36.1 Å². The lowest BCUT2D eigenvalue weighted by molar-refractivity contribution is -0.118. The molecule has 2 aromatic carbocycles. The number of fused-ring (bicyclic) bond motifs is 1. The van der Waals surface area contributed by atoms with Crippen molar-refractivity contribution in [1.29, 1.82) is 0 Å². The summed E-state index contributed by atoms with van der Waals surface area (Å²) in [6.45, 7) is 1.55. The van der Waals surface area contributed by atoms with Crippen LogP contribution in [0, 0.1) is 0 Å². The largest absolute Gasteiger partial charge is 0.322 e. The lowest BCUT2D eigenvalue weighted by Gasteiger charge is -2.09. The summed E-state index contributed by atoms with van der Waals surface area (Å²) in [5, 5.41) is 2.49. The summed E-state index contributed by atoms with van der Waals surface area (Å²) in [6, 6.07) is 14.2. The molecule has 2 heteroatoms. The highest BCUT2D eigenvalue weighted by Gasteiger charge is 2.08. The molecule has 2 N–H and O–H groups in total. The molecule has 0 aliphatic carbocycles. The standard InChI is InChI=1S/C15H17NO/c1-11(17)15(16)10-9-13-7-4-6-12-5-2-3-8-14(12)13/h2-8,15H,9-10,16H2,1H3/t15-/m0/s1. The normalized spacial score (nSPS) is 12.6. The first-order chi connectivity index (χ1) is 8.18. The van der Waals surface area contributed by atoms with Gasteiger partial charge in [0.25, 0.3) is 0 Å². The van der Waals surface area contributed by atoms with Crippen molar-refractivity contribution in [3.8, 4) is 0 Å². The molecule has 0 amide bonds. The van der Waals surface area contributed by atoms with E-state index in [1.807, 2.05) is 12.1 Å². The van der Waals surface area contributed by atoms with Gasteiger partial charge in [-0.1, -0.05) is 42.5 Å². The van der Waals surface area contributed by atoms with Crippen LogP contribution < -0.4 is 5.73 Å². The molecular weight excluding hydrogens is 210 g/mol. The van der Waals surface area contributed by atoms with Crippen LogP contribution >= 0.6 is 0 Å². The summed E-state index contributed by atoms with van der Waals surface area (Å²) in [5.74, 6) is 0.0604. The number of ketones is 1. The van der Waals surface area contributed by atoms with Gasteiger partial charge in [-0.2, -0.15) is 0 Å². The molecule has 0 radical (unpaired) electrons. The highest BCUT2D eigenvalue weighted by atomic mass is 16.1. The number of nitrogens with two attached hydrogens (primary N) is 1. The van der Waals surface area contributed by atoms with E-state index >= 15 is 0 Å². The molecule has 88 valence electrons. The van der Waals surface area contributed by atoms with E-state index < -0.39 is 0 Å². The minimum Gasteiger partial charge on any atom is -0.322 e. The van der Waals surface area contributed by atoms with Crippen LogP contribution in [0.3, 0.4) is 0 Å². The van der Waals surface area contributed by atoms with E-state index in [0.29, 0.717) is 6.42 Å².